The van der Waals surface area contributed by atoms with Crippen LogP contribution in [0.1, 0.15) is 22.6 Å². The van der Waals surface area contributed by atoms with Crippen LogP contribution in [0.4, 0.5) is 11.4 Å². The maximum absolute atomic E-state index is 12.0. The molecule has 1 heterocycles. The molecule has 0 saturated carbocycles. The lowest BCUT2D eigenvalue weighted by molar-refractivity contribution is -0.136. The first-order valence-electron chi connectivity index (χ1n) is 10.5. The van der Waals surface area contributed by atoms with Crippen molar-refractivity contribution in [2.45, 2.75) is 20.4 Å². The van der Waals surface area contributed by atoms with Crippen LogP contribution in [0.15, 0.2) is 58.0 Å². The number of furan rings is 1. The lowest BCUT2D eigenvalue weighted by Crippen LogP contribution is -2.34. The molecule has 0 radical (unpaired) electrons. The predicted molar refractivity (Wildman–Crippen MR) is 136 cm³/mol. The smallest absolute Gasteiger partial charge is 0.329 e. The third kappa shape index (κ3) is 7.42. The maximum Gasteiger partial charge on any atom is 0.329 e. The Morgan fingerprint density at radius 2 is 1.47 bits per heavy atom. The predicted octanol–water partition coefficient (Wildman–Crippen LogP) is 3.55. The molecule has 0 spiro atoms. The van der Waals surface area contributed by atoms with E-state index in [2.05, 4.69) is 26.5 Å². The van der Waals surface area contributed by atoms with Crippen LogP contribution >= 0.6 is 23.2 Å². The Kier molecular flexibility index (Phi) is 8.82. The molecule has 0 aliphatic heterocycles. The topological polar surface area (TPSA) is 142 Å². The Morgan fingerprint density at radius 1 is 0.806 bits per heavy atom. The fourth-order valence-electron chi connectivity index (χ4n) is 2.78. The van der Waals surface area contributed by atoms with Crippen molar-refractivity contribution in [3.8, 4) is 0 Å². The largest absolute Gasteiger partial charge is 0.458 e. The van der Waals surface area contributed by atoms with Crippen molar-refractivity contribution < 1.29 is 23.6 Å². The summed E-state index contributed by atoms with van der Waals surface area (Å²) in [5.41, 5.74) is 4.94. The van der Waals surface area contributed by atoms with Gasteiger partial charge in [0, 0.05) is 11.4 Å². The van der Waals surface area contributed by atoms with Crippen molar-refractivity contribution >= 4 is 64.4 Å². The van der Waals surface area contributed by atoms with E-state index in [0.29, 0.717) is 22.2 Å². The van der Waals surface area contributed by atoms with Crippen LogP contribution in [0, 0.1) is 13.8 Å². The number of benzene rings is 2. The molecule has 0 aliphatic carbocycles. The normalized spacial score (nSPS) is 10.7. The van der Waals surface area contributed by atoms with E-state index in [1.165, 1.54) is 30.5 Å². The van der Waals surface area contributed by atoms with E-state index in [0.717, 1.165) is 11.1 Å². The van der Waals surface area contributed by atoms with E-state index < -0.39 is 23.6 Å². The lowest BCUT2D eigenvalue weighted by atomic mass is 10.1. The average molecular weight is 530 g/mol. The minimum atomic E-state index is -0.962. The van der Waals surface area contributed by atoms with Gasteiger partial charge in [-0.2, -0.15) is 5.10 Å². The molecule has 0 atom stereocenters. The molecule has 3 rings (SSSR count). The van der Waals surface area contributed by atoms with Crippen molar-refractivity contribution in [3.05, 3.63) is 81.2 Å². The highest BCUT2D eigenvalue weighted by atomic mass is 35.5. The minimum Gasteiger partial charge on any atom is -0.458 e. The summed E-state index contributed by atoms with van der Waals surface area (Å²) in [5.74, 6) is -3.06. The third-order valence-electron chi connectivity index (χ3n) is 4.82. The number of hydrogen-bond acceptors (Lipinski definition) is 6. The molecule has 1 aromatic heterocycles. The highest BCUT2D eigenvalue weighted by Gasteiger charge is 2.15. The van der Waals surface area contributed by atoms with Crippen molar-refractivity contribution in [1.82, 2.24) is 10.7 Å². The number of rotatable bonds is 6. The van der Waals surface area contributed by atoms with Crippen LogP contribution in [-0.2, 0) is 25.7 Å². The van der Waals surface area contributed by atoms with E-state index >= 15 is 0 Å². The first kappa shape index (κ1) is 26.5. The van der Waals surface area contributed by atoms with Crippen LogP contribution in [0.5, 0.6) is 0 Å². The molecule has 0 bridgehead atoms. The van der Waals surface area contributed by atoms with Crippen molar-refractivity contribution in [2.24, 2.45) is 5.10 Å². The summed E-state index contributed by atoms with van der Waals surface area (Å²) in [6.45, 7) is 3.75. The number of carbonyl (C=O) groups excluding carboxylic acids is 4. The number of anilines is 2. The van der Waals surface area contributed by atoms with Gasteiger partial charge in [0.1, 0.15) is 11.5 Å². The average Bonchev–Trinajstić information content (AvgIpc) is 3.29. The fourth-order valence-corrected chi connectivity index (χ4v) is 3.08. The highest BCUT2D eigenvalue weighted by molar-refractivity contribution is 6.43. The van der Waals surface area contributed by atoms with E-state index in [-0.39, 0.29) is 17.3 Å². The van der Waals surface area contributed by atoms with Gasteiger partial charge in [-0.25, -0.2) is 5.43 Å². The van der Waals surface area contributed by atoms with Crippen LogP contribution < -0.4 is 21.4 Å². The van der Waals surface area contributed by atoms with Gasteiger partial charge >= 0.3 is 23.6 Å². The number of aryl methyl sites for hydroxylation is 2. The summed E-state index contributed by atoms with van der Waals surface area (Å²) in [5, 5.41) is 11.5. The molecule has 0 aliphatic rings. The Hall–Kier alpha value is -4.15. The highest BCUT2D eigenvalue weighted by Crippen LogP contribution is 2.24. The molecule has 4 amide bonds. The standard InChI is InChI=1S/C24H21Cl2N5O5/c1-13-3-4-15(9-14(13)2)29-23(34)24(35)31-28-12-18-7-6-17(36-18)11-27-21(32)22(33)30-16-5-8-19(25)20(26)10-16/h3-10,12H,11H2,1-2H3,(H,27,32)(H,29,34)(H,30,33)(H,31,35)/b28-12+. The molecule has 0 unspecified atom stereocenters. The summed E-state index contributed by atoms with van der Waals surface area (Å²) < 4.78 is 5.44. The van der Waals surface area contributed by atoms with Gasteiger partial charge in [0.2, 0.25) is 0 Å². The van der Waals surface area contributed by atoms with E-state index in [9.17, 15) is 19.2 Å². The van der Waals surface area contributed by atoms with Crippen molar-refractivity contribution in [1.29, 1.82) is 0 Å². The number of halogens is 2. The lowest BCUT2D eigenvalue weighted by Gasteiger charge is -2.06. The molecule has 0 fully saturated rings. The minimum absolute atomic E-state index is 0.0772. The number of carbonyl (C=O) groups is 4. The summed E-state index contributed by atoms with van der Waals surface area (Å²) in [6.07, 6.45) is 1.18. The summed E-state index contributed by atoms with van der Waals surface area (Å²) >= 11 is 11.7. The Labute approximate surface area is 216 Å². The summed E-state index contributed by atoms with van der Waals surface area (Å²) in [4.78, 5) is 48.0. The molecule has 186 valence electrons. The number of hydrogen-bond donors (Lipinski definition) is 4. The van der Waals surface area contributed by atoms with Crippen LogP contribution in [0.3, 0.4) is 0 Å². The van der Waals surface area contributed by atoms with Gasteiger partial charge in [-0.05, 0) is 67.4 Å². The molecular weight excluding hydrogens is 509 g/mol. The number of nitrogens with one attached hydrogen (secondary N) is 4. The molecule has 4 N–H and O–H groups in total. The van der Waals surface area contributed by atoms with Crippen LogP contribution in [-0.4, -0.2) is 29.8 Å². The fraction of sp³-hybridized carbons (Fsp3) is 0.125. The van der Waals surface area contributed by atoms with E-state index in [1.807, 2.05) is 19.9 Å². The molecule has 3 aromatic rings. The van der Waals surface area contributed by atoms with Crippen LogP contribution in [0.2, 0.25) is 10.0 Å². The van der Waals surface area contributed by atoms with Crippen molar-refractivity contribution in [3.63, 3.8) is 0 Å². The molecule has 2 aromatic carbocycles. The maximum atomic E-state index is 12.0. The SMILES string of the molecule is Cc1ccc(NC(=O)C(=O)N/N=C/c2ccc(CNC(=O)C(=O)Nc3ccc(Cl)c(Cl)c3)o2)cc1C. The Morgan fingerprint density at radius 3 is 2.17 bits per heavy atom. The van der Waals surface area contributed by atoms with Gasteiger partial charge in [0.15, 0.2) is 0 Å². The number of nitrogens with zero attached hydrogens (tertiary/aromatic N) is 1. The third-order valence-corrected chi connectivity index (χ3v) is 5.56. The molecule has 12 heteroatoms. The zero-order chi connectivity index (χ0) is 26.2. The molecule has 36 heavy (non-hydrogen) atoms. The molecule has 10 nitrogen and oxygen atoms in total. The second-order valence-corrected chi connectivity index (χ2v) is 8.34. The summed E-state index contributed by atoms with van der Waals surface area (Å²) in [7, 11) is 0. The Balaban J connectivity index is 1.44. The van der Waals surface area contributed by atoms with Crippen molar-refractivity contribution in [2.75, 3.05) is 10.6 Å². The number of hydrazone groups is 1. The van der Waals surface area contributed by atoms with Gasteiger partial charge in [-0.15, -0.1) is 0 Å². The Bertz CT molecular complexity index is 1350. The second-order valence-electron chi connectivity index (χ2n) is 7.52. The molecule has 0 saturated heterocycles. The zero-order valence-electron chi connectivity index (χ0n) is 19.1. The van der Waals surface area contributed by atoms with Gasteiger partial charge in [-0.3, -0.25) is 19.2 Å². The van der Waals surface area contributed by atoms with E-state index in [1.54, 1.807) is 18.2 Å². The van der Waals surface area contributed by atoms with Gasteiger partial charge in [0.25, 0.3) is 0 Å². The van der Waals surface area contributed by atoms with E-state index in [4.69, 9.17) is 27.6 Å². The van der Waals surface area contributed by atoms with Gasteiger partial charge < -0.3 is 20.4 Å². The number of amides is 4. The van der Waals surface area contributed by atoms with Gasteiger partial charge in [-0.1, -0.05) is 29.3 Å². The monoisotopic (exact) mass is 529 g/mol. The van der Waals surface area contributed by atoms with Crippen LogP contribution in [0.25, 0.3) is 0 Å². The zero-order valence-corrected chi connectivity index (χ0v) is 20.7. The molecular formula is C24H21Cl2N5O5. The first-order chi connectivity index (χ1) is 17.1. The first-order valence-corrected chi connectivity index (χ1v) is 11.2. The summed E-state index contributed by atoms with van der Waals surface area (Å²) in [6, 6.07) is 12.8. The second kappa shape index (κ2) is 12.0. The quantitative estimate of drug-likeness (QED) is 0.219. The van der Waals surface area contributed by atoms with Gasteiger partial charge in [0.05, 0.1) is 22.8 Å².